The predicted molar refractivity (Wildman–Crippen MR) is 106 cm³/mol. The number of carbonyl (C=O) groups is 1. The third-order valence-corrected chi connectivity index (χ3v) is 5.72. The number of nitrogens with zero attached hydrogens (tertiary/aromatic N) is 3. The highest BCUT2D eigenvalue weighted by atomic mass is 32.1. The van der Waals surface area contributed by atoms with Crippen molar-refractivity contribution in [1.29, 1.82) is 0 Å². The van der Waals surface area contributed by atoms with Gasteiger partial charge in [-0.2, -0.15) is 5.10 Å². The van der Waals surface area contributed by atoms with Crippen LogP contribution in [-0.2, 0) is 6.54 Å². The van der Waals surface area contributed by atoms with E-state index in [9.17, 15) is 4.79 Å². The van der Waals surface area contributed by atoms with Crippen LogP contribution in [0.1, 0.15) is 20.8 Å². The van der Waals surface area contributed by atoms with E-state index in [1.807, 2.05) is 73.5 Å². The molecule has 0 saturated carbocycles. The number of benzene rings is 2. The second-order valence-electron chi connectivity index (χ2n) is 6.34. The van der Waals surface area contributed by atoms with Gasteiger partial charge in [-0.25, -0.2) is 4.68 Å². The van der Waals surface area contributed by atoms with Crippen LogP contribution in [0.15, 0.2) is 67.0 Å². The minimum Gasteiger partial charge on any atom is -0.337 e. The van der Waals surface area contributed by atoms with Crippen LogP contribution in [-0.4, -0.2) is 27.6 Å². The molecule has 0 aliphatic rings. The van der Waals surface area contributed by atoms with Gasteiger partial charge in [0, 0.05) is 30.1 Å². The highest BCUT2D eigenvalue weighted by Gasteiger charge is 2.19. The van der Waals surface area contributed by atoms with Gasteiger partial charge in [-0.05, 0) is 36.1 Å². The lowest BCUT2D eigenvalue weighted by Gasteiger charge is -2.15. The van der Waals surface area contributed by atoms with Gasteiger partial charge in [-0.3, -0.25) is 4.79 Å². The van der Waals surface area contributed by atoms with Gasteiger partial charge in [0.1, 0.15) is 0 Å². The van der Waals surface area contributed by atoms with Gasteiger partial charge in [0.05, 0.1) is 16.8 Å². The first-order valence-electron chi connectivity index (χ1n) is 8.46. The number of aromatic nitrogens is 2. The van der Waals surface area contributed by atoms with E-state index < -0.39 is 0 Å². The average molecular weight is 361 g/mol. The molecule has 130 valence electrons. The fraction of sp³-hybridized carbons (Fsp3) is 0.143. The largest absolute Gasteiger partial charge is 0.337 e. The Labute approximate surface area is 156 Å². The zero-order valence-electron chi connectivity index (χ0n) is 14.7. The van der Waals surface area contributed by atoms with E-state index in [2.05, 4.69) is 17.2 Å². The number of hydrogen-bond acceptors (Lipinski definition) is 3. The average Bonchev–Trinajstić information content (AvgIpc) is 3.27. The van der Waals surface area contributed by atoms with Crippen LogP contribution in [0.3, 0.4) is 0 Å². The van der Waals surface area contributed by atoms with Crippen LogP contribution >= 0.6 is 11.3 Å². The van der Waals surface area contributed by atoms with Crippen LogP contribution in [0.4, 0.5) is 0 Å². The van der Waals surface area contributed by atoms with E-state index in [1.54, 1.807) is 16.2 Å². The summed E-state index contributed by atoms with van der Waals surface area (Å²) in [6.45, 7) is 2.55. The minimum atomic E-state index is 0.0520. The lowest BCUT2D eigenvalue weighted by Crippen LogP contribution is -2.25. The predicted octanol–water partition coefficient (Wildman–Crippen LogP) is 4.67. The summed E-state index contributed by atoms with van der Waals surface area (Å²) in [4.78, 5) is 15.5. The molecule has 0 radical (unpaired) electrons. The van der Waals surface area contributed by atoms with Crippen molar-refractivity contribution < 1.29 is 4.79 Å². The molecule has 4 aromatic rings. The number of thiophene rings is 1. The number of aryl methyl sites for hydroxylation is 1. The minimum absolute atomic E-state index is 0.0520. The van der Waals surface area contributed by atoms with Gasteiger partial charge in [0.25, 0.3) is 5.91 Å². The van der Waals surface area contributed by atoms with Crippen molar-refractivity contribution in [3.8, 4) is 5.69 Å². The van der Waals surface area contributed by atoms with E-state index >= 15 is 0 Å². The van der Waals surface area contributed by atoms with Crippen LogP contribution in [0.2, 0.25) is 0 Å². The molecule has 0 fully saturated rings. The summed E-state index contributed by atoms with van der Waals surface area (Å²) in [6, 6.07) is 18.1. The number of amides is 1. The molecule has 0 atom stereocenters. The molecule has 5 heteroatoms. The van der Waals surface area contributed by atoms with Crippen LogP contribution in [0, 0.1) is 6.92 Å². The molecular formula is C21H19N3OS. The molecule has 0 N–H and O–H groups in total. The molecule has 1 amide bonds. The van der Waals surface area contributed by atoms with Gasteiger partial charge in [0.15, 0.2) is 0 Å². The molecule has 0 spiro atoms. The first-order chi connectivity index (χ1) is 12.6. The summed E-state index contributed by atoms with van der Waals surface area (Å²) in [6.07, 6.45) is 3.78. The zero-order chi connectivity index (χ0) is 18.1. The topological polar surface area (TPSA) is 38.1 Å². The fourth-order valence-corrected chi connectivity index (χ4v) is 4.26. The lowest BCUT2D eigenvalue weighted by molar-refractivity contribution is 0.0789. The number of fused-ring (bicyclic) bond motifs is 1. The van der Waals surface area contributed by atoms with Crippen LogP contribution < -0.4 is 0 Å². The smallest absolute Gasteiger partial charge is 0.264 e. The summed E-state index contributed by atoms with van der Waals surface area (Å²) >= 11 is 1.56. The van der Waals surface area contributed by atoms with Gasteiger partial charge >= 0.3 is 0 Å². The Morgan fingerprint density at radius 3 is 2.62 bits per heavy atom. The summed E-state index contributed by atoms with van der Waals surface area (Å²) in [5, 5.41) is 5.56. The molecule has 0 saturated heterocycles. The maximum Gasteiger partial charge on any atom is 0.264 e. The Morgan fingerprint density at radius 2 is 1.85 bits per heavy atom. The van der Waals surface area contributed by atoms with E-state index in [-0.39, 0.29) is 5.91 Å². The number of carbonyl (C=O) groups excluding carboxylic acids is 1. The molecule has 2 heterocycles. The normalized spacial score (nSPS) is 11.0. The Kier molecular flexibility index (Phi) is 4.31. The highest BCUT2D eigenvalue weighted by molar-refractivity contribution is 7.21. The summed E-state index contributed by atoms with van der Waals surface area (Å²) in [5.74, 6) is 0.0520. The molecule has 0 aliphatic carbocycles. The third kappa shape index (κ3) is 3.02. The Hall–Kier alpha value is -2.92. The van der Waals surface area contributed by atoms with Gasteiger partial charge in [0.2, 0.25) is 0 Å². The highest BCUT2D eigenvalue weighted by Crippen LogP contribution is 2.31. The molecule has 0 unspecified atom stereocenters. The van der Waals surface area contributed by atoms with Crippen molar-refractivity contribution in [3.63, 3.8) is 0 Å². The quantitative estimate of drug-likeness (QED) is 0.530. The number of para-hydroxylation sites is 1. The Morgan fingerprint density at radius 1 is 1.12 bits per heavy atom. The fourth-order valence-electron chi connectivity index (χ4n) is 3.06. The van der Waals surface area contributed by atoms with E-state index in [1.165, 1.54) is 0 Å². The molecule has 26 heavy (non-hydrogen) atoms. The monoisotopic (exact) mass is 361 g/mol. The van der Waals surface area contributed by atoms with E-state index in [0.717, 1.165) is 31.8 Å². The van der Waals surface area contributed by atoms with E-state index in [0.29, 0.717) is 6.54 Å². The lowest BCUT2D eigenvalue weighted by atomic mass is 10.1. The van der Waals surface area contributed by atoms with Crippen molar-refractivity contribution in [2.45, 2.75) is 13.5 Å². The molecule has 0 bridgehead atoms. The maximum absolute atomic E-state index is 12.9. The van der Waals surface area contributed by atoms with Gasteiger partial charge < -0.3 is 4.90 Å². The second kappa shape index (κ2) is 6.77. The Bertz CT molecular complexity index is 1070. The first-order valence-corrected chi connectivity index (χ1v) is 9.27. The molecule has 0 aliphatic heterocycles. The van der Waals surface area contributed by atoms with Crippen molar-refractivity contribution >= 4 is 27.3 Å². The summed E-state index contributed by atoms with van der Waals surface area (Å²) in [5.41, 5.74) is 3.07. The second-order valence-corrected chi connectivity index (χ2v) is 7.39. The van der Waals surface area contributed by atoms with Crippen molar-refractivity contribution in [3.05, 3.63) is 83.0 Å². The number of rotatable bonds is 4. The van der Waals surface area contributed by atoms with Gasteiger partial charge in [-0.15, -0.1) is 11.3 Å². The van der Waals surface area contributed by atoms with Crippen molar-refractivity contribution in [2.24, 2.45) is 0 Å². The standard InChI is InChI=1S/C21H19N3OS/c1-15-18-10-6-7-11-19(18)26-20(15)21(25)23(2)13-16-12-22-24(14-16)17-8-4-3-5-9-17/h3-12,14H,13H2,1-2H3. The summed E-state index contributed by atoms with van der Waals surface area (Å²) in [7, 11) is 1.84. The first kappa shape index (κ1) is 16.5. The zero-order valence-corrected chi connectivity index (χ0v) is 15.5. The molecule has 2 aromatic heterocycles. The van der Waals surface area contributed by atoms with Crippen molar-refractivity contribution in [2.75, 3.05) is 7.05 Å². The third-order valence-electron chi connectivity index (χ3n) is 4.46. The summed E-state index contributed by atoms with van der Waals surface area (Å²) < 4.78 is 2.98. The van der Waals surface area contributed by atoms with Crippen molar-refractivity contribution in [1.82, 2.24) is 14.7 Å². The molecule has 4 rings (SSSR count). The molecule has 2 aromatic carbocycles. The SMILES string of the molecule is Cc1c(C(=O)N(C)Cc2cnn(-c3ccccc3)c2)sc2ccccc12. The maximum atomic E-state index is 12.9. The van der Waals surface area contributed by atoms with Crippen LogP contribution in [0.25, 0.3) is 15.8 Å². The van der Waals surface area contributed by atoms with E-state index in [4.69, 9.17) is 0 Å². The van der Waals surface area contributed by atoms with Gasteiger partial charge in [-0.1, -0.05) is 36.4 Å². The Balaban J connectivity index is 1.54. The molecular weight excluding hydrogens is 342 g/mol. The number of hydrogen-bond donors (Lipinski definition) is 0. The molecule has 4 nitrogen and oxygen atoms in total. The van der Waals surface area contributed by atoms with Crippen LogP contribution in [0.5, 0.6) is 0 Å².